The molecule has 0 aliphatic carbocycles. The predicted octanol–water partition coefficient (Wildman–Crippen LogP) is -0.164. The van der Waals surface area contributed by atoms with E-state index in [2.05, 4.69) is 5.32 Å². The molecule has 0 bridgehead atoms. The van der Waals surface area contributed by atoms with Gasteiger partial charge in [-0.05, 0) is 12.8 Å². The number of carboxylic acid groups (broad SMARTS) is 1. The molecule has 1 saturated heterocycles. The van der Waals surface area contributed by atoms with Gasteiger partial charge < -0.3 is 15.3 Å². The zero-order chi connectivity index (χ0) is 12.8. The zero-order valence-corrected chi connectivity index (χ0v) is 9.94. The van der Waals surface area contributed by atoms with Crippen LogP contribution in [-0.2, 0) is 14.4 Å². The molecule has 17 heavy (non-hydrogen) atoms. The van der Waals surface area contributed by atoms with Crippen LogP contribution in [0.3, 0.4) is 0 Å². The molecule has 0 saturated carbocycles. The van der Waals surface area contributed by atoms with E-state index in [9.17, 15) is 14.4 Å². The number of hydrogen-bond acceptors (Lipinski definition) is 3. The maximum absolute atomic E-state index is 11.4. The quantitative estimate of drug-likeness (QED) is 0.677. The Morgan fingerprint density at radius 3 is 2.76 bits per heavy atom. The Morgan fingerprint density at radius 2 is 2.24 bits per heavy atom. The first kappa shape index (κ1) is 13.5. The average molecular weight is 242 g/mol. The molecule has 2 N–H and O–H groups in total. The fourth-order valence-corrected chi connectivity index (χ4v) is 1.65. The van der Waals surface area contributed by atoms with Crippen LogP contribution in [0, 0.1) is 5.92 Å². The predicted molar refractivity (Wildman–Crippen MR) is 60.2 cm³/mol. The molecule has 1 aliphatic heterocycles. The first-order chi connectivity index (χ1) is 8.00. The summed E-state index contributed by atoms with van der Waals surface area (Å²) in [5.74, 6) is -1.55. The number of amides is 2. The molecule has 0 aromatic carbocycles. The van der Waals surface area contributed by atoms with Gasteiger partial charge in [0.15, 0.2) is 0 Å². The van der Waals surface area contributed by atoms with Crippen LogP contribution >= 0.6 is 0 Å². The molecule has 96 valence electrons. The fourth-order valence-electron chi connectivity index (χ4n) is 1.65. The van der Waals surface area contributed by atoms with Crippen molar-refractivity contribution in [3.8, 4) is 0 Å². The average Bonchev–Trinajstić information content (AvgIpc) is 2.64. The third kappa shape index (κ3) is 4.42. The van der Waals surface area contributed by atoms with Crippen molar-refractivity contribution >= 4 is 17.8 Å². The summed E-state index contributed by atoms with van der Waals surface area (Å²) in [4.78, 5) is 34.7. The SMILES string of the molecule is CC(CCNC(=O)CN1CCCC1=O)C(=O)O. The first-order valence-corrected chi connectivity index (χ1v) is 5.78. The van der Waals surface area contributed by atoms with Gasteiger partial charge in [-0.15, -0.1) is 0 Å². The smallest absolute Gasteiger partial charge is 0.306 e. The van der Waals surface area contributed by atoms with Gasteiger partial charge in [-0.1, -0.05) is 6.92 Å². The molecule has 2 amide bonds. The lowest BCUT2D eigenvalue weighted by atomic mass is 10.1. The molecule has 6 nitrogen and oxygen atoms in total. The summed E-state index contributed by atoms with van der Waals surface area (Å²) >= 11 is 0. The van der Waals surface area contributed by atoms with Crippen molar-refractivity contribution in [3.05, 3.63) is 0 Å². The van der Waals surface area contributed by atoms with Crippen LogP contribution in [0.4, 0.5) is 0 Å². The molecule has 0 spiro atoms. The summed E-state index contributed by atoms with van der Waals surface area (Å²) in [6.07, 6.45) is 1.72. The van der Waals surface area contributed by atoms with Gasteiger partial charge in [0.05, 0.1) is 12.5 Å². The highest BCUT2D eigenvalue weighted by atomic mass is 16.4. The van der Waals surface area contributed by atoms with E-state index in [0.717, 1.165) is 6.42 Å². The second-order valence-electron chi connectivity index (χ2n) is 4.30. The maximum atomic E-state index is 11.4. The molecular weight excluding hydrogens is 224 g/mol. The topological polar surface area (TPSA) is 86.7 Å². The summed E-state index contributed by atoms with van der Waals surface area (Å²) in [6.45, 7) is 2.64. The lowest BCUT2D eigenvalue weighted by Gasteiger charge is -2.15. The number of aliphatic carboxylic acids is 1. The molecule has 1 fully saturated rings. The zero-order valence-electron chi connectivity index (χ0n) is 9.94. The number of carboxylic acids is 1. The number of carbonyl (C=O) groups is 3. The van der Waals surface area contributed by atoms with Crippen molar-refractivity contribution in [2.75, 3.05) is 19.6 Å². The van der Waals surface area contributed by atoms with Crippen LogP contribution in [0.2, 0.25) is 0 Å². The normalized spacial score (nSPS) is 17.0. The van der Waals surface area contributed by atoms with Crippen molar-refractivity contribution < 1.29 is 19.5 Å². The molecule has 0 radical (unpaired) electrons. The van der Waals surface area contributed by atoms with Crippen molar-refractivity contribution in [2.45, 2.75) is 26.2 Å². The van der Waals surface area contributed by atoms with Crippen LogP contribution < -0.4 is 5.32 Å². The number of hydrogen-bond donors (Lipinski definition) is 2. The Kier molecular flexibility index (Phi) is 4.93. The Morgan fingerprint density at radius 1 is 1.53 bits per heavy atom. The van der Waals surface area contributed by atoms with Crippen molar-refractivity contribution in [3.63, 3.8) is 0 Å². The van der Waals surface area contributed by atoms with Crippen LogP contribution in [0.15, 0.2) is 0 Å². The third-order valence-electron chi connectivity index (χ3n) is 2.83. The van der Waals surface area contributed by atoms with Gasteiger partial charge in [0.2, 0.25) is 11.8 Å². The van der Waals surface area contributed by atoms with Gasteiger partial charge in [0.25, 0.3) is 0 Å². The second-order valence-corrected chi connectivity index (χ2v) is 4.30. The maximum Gasteiger partial charge on any atom is 0.306 e. The van der Waals surface area contributed by atoms with Crippen molar-refractivity contribution in [2.24, 2.45) is 5.92 Å². The minimum absolute atomic E-state index is 0.0130. The number of likely N-dealkylation sites (tertiary alicyclic amines) is 1. The Balaban J connectivity index is 2.17. The van der Waals surface area contributed by atoms with Gasteiger partial charge >= 0.3 is 5.97 Å². The lowest BCUT2D eigenvalue weighted by molar-refractivity contribution is -0.141. The summed E-state index contributed by atoms with van der Waals surface area (Å²) in [5.41, 5.74) is 0. The Labute approximate surface area is 100.0 Å². The number of nitrogens with one attached hydrogen (secondary N) is 1. The largest absolute Gasteiger partial charge is 0.481 e. The van der Waals surface area contributed by atoms with E-state index in [1.807, 2.05) is 0 Å². The van der Waals surface area contributed by atoms with Gasteiger partial charge in [-0.2, -0.15) is 0 Å². The van der Waals surface area contributed by atoms with Crippen LogP contribution in [0.1, 0.15) is 26.2 Å². The van der Waals surface area contributed by atoms with Crippen LogP contribution in [0.25, 0.3) is 0 Å². The van der Waals surface area contributed by atoms with E-state index in [4.69, 9.17) is 5.11 Å². The highest BCUT2D eigenvalue weighted by Gasteiger charge is 2.22. The molecule has 1 rings (SSSR count). The number of carbonyl (C=O) groups excluding carboxylic acids is 2. The number of nitrogens with zero attached hydrogens (tertiary/aromatic N) is 1. The third-order valence-corrected chi connectivity index (χ3v) is 2.83. The molecule has 1 atom stereocenters. The van der Waals surface area contributed by atoms with E-state index >= 15 is 0 Å². The second kappa shape index (κ2) is 6.22. The van der Waals surface area contributed by atoms with Crippen LogP contribution in [-0.4, -0.2) is 47.4 Å². The fraction of sp³-hybridized carbons (Fsp3) is 0.727. The Hall–Kier alpha value is -1.59. The van der Waals surface area contributed by atoms with Crippen molar-refractivity contribution in [1.82, 2.24) is 10.2 Å². The summed E-state index contributed by atoms with van der Waals surface area (Å²) < 4.78 is 0. The number of rotatable bonds is 6. The standard InChI is InChI=1S/C11H18N2O4/c1-8(11(16)17)4-5-12-9(14)7-13-6-2-3-10(13)15/h8H,2-7H2,1H3,(H,12,14)(H,16,17). The van der Waals surface area contributed by atoms with E-state index in [1.165, 1.54) is 4.90 Å². The van der Waals surface area contributed by atoms with Gasteiger partial charge in [0, 0.05) is 19.5 Å². The monoisotopic (exact) mass is 242 g/mol. The summed E-state index contributed by atoms with van der Waals surface area (Å²) in [7, 11) is 0. The van der Waals surface area contributed by atoms with Gasteiger partial charge in [-0.3, -0.25) is 14.4 Å². The van der Waals surface area contributed by atoms with E-state index < -0.39 is 11.9 Å². The minimum Gasteiger partial charge on any atom is -0.481 e. The molecule has 1 unspecified atom stereocenters. The molecule has 6 heteroatoms. The molecule has 1 aliphatic rings. The molecular formula is C11H18N2O4. The minimum atomic E-state index is -0.867. The van der Waals surface area contributed by atoms with Gasteiger partial charge in [0.1, 0.15) is 0 Å². The molecule has 1 heterocycles. The lowest BCUT2D eigenvalue weighted by Crippen LogP contribution is -2.38. The molecule has 0 aromatic rings. The summed E-state index contributed by atoms with van der Waals surface area (Å²) in [5, 5.41) is 11.3. The van der Waals surface area contributed by atoms with E-state index in [0.29, 0.717) is 25.9 Å². The van der Waals surface area contributed by atoms with Crippen LogP contribution in [0.5, 0.6) is 0 Å². The van der Waals surface area contributed by atoms with E-state index in [1.54, 1.807) is 6.92 Å². The molecule has 0 aromatic heterocycles. The highest BCUT2D eigenvalue weighted by molar-refractivity contribution is 5.85. The summed E-state index contributed by atoms with van der Waals surface area (Å²) in [6, 6.07) is 0. The van der Waals surface area contributed by atoms with Crippen molar-refractivity contribution in [1.29, 1.82) is 0 Å². The Bertz CT molecular complexity index is 317. The van der Waals surface area contributed by atoms with E-state index in [-0.39, 0.29) is 18.4 Å². The first-order valence-electron chi connectivity index (χ1n) is 5.78. The van der Waals surface area contributed by atoms with Gasteiger partial charge in [-0.25, -0.2) is 0 Å². The highest BCUT2D eigenvalue weighted by Crippen LogP contribution is 2.08.